The van der Waals surface area contributed by atoms with Gasteiger partial charge in [-0.05, 0) is 43.4 Å². The second kappa shape index (κ2) is 3.86. The maximum atomic E-state index is 9.76. The molecule has 2 nitrogen and oxygen atoms in total. The van der Waals surface area contributed by atoms with Crippen molar-refractivity contribution in [1.29, 1.82) is 0 Å². The molecular formula is C13H19NO. The number of anilines is 1. The van der Waals surface area contributed by atoms with Crippen LogP contribution in [0.5, 0.6) is 0 Å². The molecule has 1 saturated carbocycles. The van der Waals surface area contributed by atoms with Gasteiger partial charge in [0.25, 0.3) is 0 Å². The number of nitrogens with zero attached hydrogens (tertiary/aromatic N) is 1. The van der Waals surface area contributed by atoms with Crippen molar-refractivity contribution in [2.75, 3.05) is 19.0 Å². The zero-order chi connectivity index (χ0) is 10.9. The molecule has 0 heterocycles. The molecule has 0 aromatic heterocycles. The summed E-state index contributed by atoms with van der Waals surface area (Å²) in [6.07, 6.45) is 3.86. The third-order valence-corrected chi connectivity index (χ3v) is 3.13. The van der Waals surface area contributed by atoms with Crippen molar-refractivity contribution in [3.8, 4) is 0 Å². The van der Waals surface area contributed by atoms with Crippen LogP contribution in [0.1, 0.15) is 24.8 Å². The summed E-state index contributed by atoms with van der Waals surface area (Å²) in [5.74, 6) is 0. The Labute approximate surface area is 91.5 Å². The van der Waals surface area contributed by atoms with E-state index in [9.17, 15) is 5.11 Å². The van der Waals surface area contributed by atoms with Gasteiger partial charge in [-0.15, -0.1) is 0 Å². The molecule has 0 amide bonds. The summed E-state index contributed by atoms with van der Waals surface area (Å²) in [5, 5.41) is 9.76. The molecule has 1 aromatic carbocycles. The molecule has 0 bridgehead atoms. The number of aryl methyl sites for hydroxylation is 1. The summed E-state index contributed by atoms with van der Waals surface area (Å²) in [4.78, 5) is 2.11. The Hall–Kier alpha value is -1.02. The fourth-order valence-electron chi connectivity index (χ4n) is 1.76. The second-order valence-corrected chi connectivity index (χ2v) is 4.79. The number of aliphatic hydroxyl groups is 1. The van der Waals surface area contributed by atoms with Crippen LogP contribution in [-0.2, 0) is 6.42 Å². The quantitative estimate of drug-likeness (QED) is 0.814. The Kier molecular flexibility index (Phi) is 2.70. The minimum absolute atomic E-state index is 0.325. The van der Waals surface area contributed by atoms with Crippen molar-refractivity contribution in [1.82, 2.24) is 0 Å². The lowest BCUT2D eigenvalue weighted by Gasteiger charge is -2.14. The molecule has 1 fully saturated rings. The highest BCUT2D eigenvalue weighted by Gasteiger charge is 2.39. The van der Waals surface area contributed by atoms with Crippen LogP contribution in [0.15, 0.2) is 24.3 Å². The molecule has 0 saturated heterocycles. The first-order valence-electron chi connectivity index (χ1n) is 5.58. The van der Waals surface area contributed by atoms with Crippen molar-refractivity contribution >= 4 is 5.69 Å². The van der Waals surface area contributed by atoms with E-state index in [4.69, 9.17) is 0 Å². The van der Waals surface area contributed by atoms with Gasteiger partial charge in [0.1, 0.15) is 0 Å². The maximum absolute atomic E-state index is 9.76. The van der Waals surface area contributed by atoms with Crippen LogP contribution in [-0.4, -0.2) is 24.8 Å². The van der Waals surface area contributed by atoms with E-state index in [-0.39, 0.29) is 5.60 Å². The van der Waals surface area contributed by atoms with Gasteiger partial charge in [-0.2, -0.15) is 0 Å². The summed E-state index contributed by atoms with van der Waals surface area (Å²) in [6, 6.07) is 8.53. The fourth-order valence-corrected chi connectivity index (χ4v) is 1.76. The van der Waals surface area contributed by atoms with E-state index in [0.29, 0.717) is 0 Å². The molecule has 1 N–H and O–H groups in total. The highest BCUT2D eigenvalue weighted by Crippen LogP contribution is 2.39. The molecule has 2 rings (SSSR count). The Balaban J connectivity index is 1.98. The molecule has 0 aliphatic heterocycles. The largest absolute Gasteiger partial charge is 0.390 e. The molecule has 82 valence electrons. The predicted molar refractivity (Wildman–Crippen MR) is 63.3 cm³/mol. The minimum atomic E-state index is -0.325. The van der Waals surface area contributed by atoms with Crippen LogP contribution < -0.4 is 4.90 Å². The van der Waals surface area contributed by atoms with Crippen LogP contribution >= 0.6 is 0 Å². The lowest BCUT2D eigenvalue weighted by Crippen LogP contribution is -2.10. The monoisotopic (exact) mass is 205 g/mol. The zero-order valence-electron chi connectivity index (χ0n) is 9.53. The molecule has 0 radical (unpaired) electrons. The number of hydrogen-bond acceptors (Lipinski definition) is 2. The molecule has 2 heteroatoms. The third-order valence-electron chi connectivity index (χ3n) is 3.13. The Morgan fingerprint density at radius 1 is 1.33 bits per heavy atom. The van der Waals surface area contributed by atoms with Gasteiger partial charge in [0.05, 0.1) is 5.60 Å². The first-order chi connectivity index (χ1) is 7.09. The van der Waals surface area contributed by atoms with E-state index >= 15 is 0 Å². The van der Waals surface area contributed by atoms with Gasteiger partial charge in [-0.25, -0.2) is 0 Å². The summed E-state index contributed by atoms with van der Waals surface area (Å²) in [6.45, 7) is 0. The van der Waals surface area contributed by atoms with Crippen molar-refractivity contribution < 1.29 is 5.11 Å². The Bertz CT molecular complexity index is 342. The summed E-state index contributed by atoms with van der Waals surface area (Å²) >= 11 is 0. The standard InChI is InChI=1S/C13H19NO/c1-14(2)12-5-3-4-11(10-12)6-7-13(15)8-9-13/h3-5,10,15H,6-9H2,1-2H3. The predicted octanol–water partition coefficient (Wildman–Crippen LogP) is 2.21. The normalized spacial score (nSPS) is 17.5. The minimum Gasteiger partial charge on any atom is -0.390 e. The van der Waals surface area contributed by atoms with Crippen LogP contribution in [0.4, 0.5) is 5.69 Å². The number of hydrogen-bond donors (Lipinski definition) is 1. The topological polar surface area (TPSA) is 23.5 Å². The average Bonchev–Trinajstić information content (AvgIpc) is 2.95. The lowest BCUT2D eigenvalue weighted by atomic mass is 10.1. The third kappa shape index (κ3) is 2.72. The van der Waals surface area contributed by atoms with Gasteiger partial charge in [0, 0.05) is 19.8 Å². The molecule has 0 atom stereocenters. The second-order valence-electron chi connectivity index (χ2n) is 4.79. The van der Waals surface area contributed by atoms with Crippen LogP contribution in [0.25, 0.3) is 0 Å². The molecule has 1 aromatic rings. The Morgan fingerprint density at radius 2 is 2.07 bits per heavy atom. The van der Waals surface area contributed by atoms with E-state index in [0.717, 1.165) is 25.7 Å². The van der Waals surface area contributed by atoms with Gasteiger partial charge in [0.15, 0.2) is 0 Å². The lowest BCUT2D eigenvalue weighted by molar-refractivity contribution is 0.140. The first-order valence-corrected chi connectivity index (χ1v) is 5.58. The highest BCUT2D eigenvalue weighted by molar-refractivity contribution is 5.47. The molecular weight excluding hydrogens is 186 g/mol. The van der Waals surface area contributed by atoms with E-state index in [1.54, 1.807) is 0 Å². The summed E-state index contributed by atoms with van der Waals surface area (Å²) in [5.41, 5.74) is 2.23. The number of rotatable bonds is 4. The molecule has 1 aliphatic rings. The van der Waals surface area contributed by atoms with E-state index < -0.39 is 0 Å². The summed E-state index contributed by atoms with van der Waals surface area (Å²) < 4.78 is 0. The van der Waals surface area contributed by atoms with Crippen molar-refractivity contribution in [2.45, 2.75) is 31.3 Å². The first kappa shape index (κ1) is 10.5. The van der Waals surface area contributed by atoms with Gasteiger partial charge < -0.3 is 10.0 Å². The highest BCUT2D eigenvalue weighted by atomic mass is 16.3. The Morgan fingerprint density at radius 3 is 2.67 bits per heavy atom. The van der Waals surface area contributed by atoms with Crippen LogP contribution in [0.3, 0.4) is 0 Å². The van der Waals surface area contributed by atoms with Gasteiger partial charge >= 0.3 is 0 Å². The van der Waals surface area contributed by atoms with Gasteiger partial charge in [0.2, 0.25) is 0 Å². The molecule has 0 unspecified atom stereocenters. The SMILES string of the molecule is CN(C)c1cccc(CCC2(O)CC2)c1. The molecule has 1 aliphatic carbocycles. The molecule has 15 heavy (non-hydrogen) atoms. The average molecular weight is 205 g/mol. The molecule has 0 spiro atoms. The van der Waals surface area contributed by atoms with E-state index in [1.165, 1.54) is 11.3 Å². The maximum Gasteiger partial charge on any atom is 0.0653 e. The van der Waals surface area contributed by atoms with Crippen LogP contribution in [0, 0.1) is 0 Å². The van der Waals surface area contributed by atoms with Crippen molar-refractivity contribution in [2.24, 2.45) is 0 Å². The smallest absolute Gasteiger partial charge is 0.0653 e. The zero-order valence-corrected chi connectivity index (χ0v) is 9.53. The van der Waals surface area contributed by atoms with E-state index in [2.05, 4.69) is 29.2 Å². The van der Waals surface area contributed by atoms with Crippen molar-refractivity contribution in [3.05, 3.63) is 29.8 Å². The summed E-state index contributed by atoms with van der Waals surface area (Å²) in [7, 11) is 4.10. The number of benzene rings is 1. The van der Waals surface area contributed by atoms with Crippen LogP contribution in [0.2, 0.25) is 0 Å². The fraction of sp³-hybridized carbons (Fsp3) is 0.538. The van der Waals surface area contributed by atoms with Gasteiger partial charge in [-0.1, -0.05) is 12.1 Å². The van der Waals surface area contributed by atoms with Crippen molar-refractivity contribution in [3.63, 3.8) is 0 Å². The van der Waals surface area contributed by atoms with E-state index in [1.807, 2.05) is 14.1 Å². The van der Waals surface area contributed by atoms with Gasteiger partial charge in [-0.3, -0.25) is 0 Å².